The predicted molar refractivity (Wildman–Crippen MR) is 46.5 cm³/mol. The normalized spacial score (nSPS) is 13.2. The molecule has 0 saturated heterocycles. The molecule has 5 nitrogen and oxygen atoms in total. The standard InChI is InChI=1S/C8H15NO4/c1-5(6(10)11)9-7(12)13-8(2,3)4/h5H,1-4H3,(H,9,12)(H,10,11)/t5-/m0/s1/i10+2,11+2. The molecule has 0 heterocycles. The number of carboxylic acid groups (broad SMARTS) is 1. The average molecular weight is 193 g/mol. The van der Waals surface area contributed by atoms with Crippen LogP contribution in [-0.4, -0.2) is 28.8 Å². The minimum atomic E-state index is -1.09. The number of hydrogen-bond donors (Lipinski definition) is 2. The number of amides is 1. The fourth-order valence-corrected chi connectivity index (χ4v) is 0.546. The summed E-state index contributed by atoms with van der Waals surface area (Å²) in [5.74, 6) is -1.09. The van der Waals surface area contributed by atoms with Crippen LogP contribution in [0.3, 0.4) is 0 Å². The summed E-state index contributed by atoms with van der Waals surface area (Å²) in [7, 11) is 0. The summed E-state index contributed by atoms with van der Waals surface area (Å²) >= 11 is 0. The van der Waals surface area contributed by atoms with Gasteiger partial charge in [0.25, 0.3) is 0 Å². The van der Waals surface area contributed by atoms with E-state index in [4.69, 9.17) is 9.84 Å². The van der Waals surface area contributed by atoms with E-state index in [9.17, 15) is 9.59 Å². The lowest BCUT2D eigenvalue weighted by molar-refractivity contribution is -0.139. The molecule has 0 spiro atoms. The number of carboxylic acids is 1. The molecule has 0 unspecified atom stereocenters. The highest BCUT2D eigenvalue weighted by atomic mass is 18.2. The van der Waals surface area contributed by atoms with E-state index in [1.165, 1.54) is 6.92 Å². The van der Waals surface area contributed by atoms with Crippen LogP contribution in [0, 0.1) is 0 Å². The molecular weight excluding hydrogens is 178 g/mol. The van der Waals surface area contributed by atoms with E-state index < -0.39 is 23.7 Å². The van der Waals surface area contributed by atoms with Gasteiger partial charge >= 0.3 is 12.1 Å². The third-order valence-corrected chi connectivity index (χ3v) is 1.10. The van der Waals surface area contributed by atoms with Gasteiger partial charge in [-0.1, -0.05) is 0 Å². The Labute approximate surface area is 77.1 Å². The van der Waals surface area contributed by atoms with Gasteiger partial charge in [0.05, 0.1) is 0 Å². The van der Waals surface area contributed by atoms with E-state index in [-0.39, 0.29) is 0 Å². The van der Waals surface area contributed by atoms with Gasteiger partial charge in [-0.15, -0.1) is 0 Å². The van der Waals surface area contributed by atoms with Crippen LogP contribution in [0.4, 0.5) is 4.79 Å². The van der Waals surface area contributed by atoms with Gasteiger partial charge in [0.2, 0.25) is 0 Å². The smallest absolute Gasteiger partial charge is 0.408 e. The van der Waals surface area contributed by atoms with Crippen molar-refractivity contribution in [3.05, 3.63) is 0 Å². The molecule has 0 radical (unpaired) electrons. The third kappa shape index (κ3) is 5.95. The number of nitrogens with one attached hydrogen (secondary N) is 1. The van der Waals surface area contributed by atoms with Crippen molar-refractivity contribution in [3.8, 4) is 0 Å². The summed E-state index contributed by atoms with van der Waals surface area (Å²) in [4.78, 5) is 21.3. The Hall–Kier alpha value is -1.26. The lowest BCUT2D eigenvalue weighted by Gasteiger charge is -2.20. The second-order valence-corrected chi connectivity index (χ2v) is 3.71. The van der Waals surface area contributed by atoms with Crippen molar-refractivity contribution < 1.29 is 19.4 Å². The second-order valence-electron chi connectivity index (χ2n) is 3.71. The van der Waals surface area contributed by atoms with Crippen molar-refractivity contribution in [3.63, 3.8) is 0 Å². The molecule has 0 aliphatic heterocycles. The molecule has 0 aliphatic rings. The maximum Gasteiger partial charge on any atom is 0.408 e. The Morgan fingerprint density at radius 3 is 2.31 bits per heavy atom. The van der Waals surface area contributed by atoms with Crippen molar-refractivity contribution in [1.29, 1.82) is 0 Å². The molecule has 5 heteroatoms. The molecule has 0 rings (SSSR count). The van der Waals surface area contributed by atoms with Gasteiger partial charge in [0.1, 0.15) is 11.6 Å². The Balaban J connectivity index is 3.96. The van der Waals surface area contributed by atoms with Crippen LogP contribution >= 0.6 is 0 Å². The fraction of sp³-hybridized carbons (Fsp3) is 0.750. The topological polar surface area (TPSA) is 75.6 Å². The molecule has 0 aromatic heterocycles. The van der Waals surface area contributed by atoms with E-state index in [2.05, 4.69) is 5.32 Å². The van der Waals surface area contributed by atoms with Crippen LogP contribution in [0.5, 0.6) is 0 Å². The van der Waals surface area contributed by atoms with E-state index in [0.29, 0.717) is 0 Å². The maximum atomic E-state index is 11.0. The summed E-state index contributed by atoms with van der Waals surface area (Å²) in [6.45, 7) is 6.49. The average Bonchev–Trinajstić information content (AvgIpc) is 1.81. The van der Waals surface area contributed by atoms with Crippen LogP contribution in [0.25, 0.3) is 0 Å². The predicted octanol–water partition coefficient (Wildman–Crippen LogP) is 0.984. The zero-order valence-electron chi connectivity index (χ0n) is 8.25. The van der Waals surface area contributed by atoms with Gasteiger partial charge < -0.3 is 15.2 Å². The van der Waals surface area contributed by atoms with Gasteiger partial charge in [-0.05, 0) is 27.7 Å². The number of alkyl carbamates (subject to hydrolysis) is 1. The molecule has 0 fully saturated rings. The number of aliphatic carboxylic acids is 1. The number of ether oxygens (including phenoxy) is 1. The first-order valence-electron chi connectivity index (χ1n) is 3.94. The van der Waals surface area contributed by atoms with E-state index in [1.54, 1.807) is 20.8 Å². The van der Waals surface area contributed by atoms with Crippen LogP contribution < -0.4 is 5.32 Å². The third-order valence-electron chi connectivity index (χ3n) is 1.10. The lowest BCUT2D eigenvalue weighted by Crippen LogP contribution is -2.41. The maximum absolute atomic E-state index is 11.0. The molecule has 0 bridgehead atoms. The number of hydrogen-bond acceptors (Lipinski definition) is 3. The van der Waals surface area contributed by atoms with Gasteiger partial charge in [0.15, 0.2) is 0 Å². The molecule has 13 heavy (non-hydrogen) atoms. The molecule has 0 saturated carbocycles. The first kappa shape index (κ1) is 11.7. The van der Waals surface area contributed by atoms with Gasteiger partial charge in [-0.3, -0.25) is 4.79 Å². The number of carbonyl (C=O) groups excluding carboxylic acids is 1. The molecule has 0 aliphatic carbocycles. The highest BCUT2D eigenvalue weighted by Crippen LogP contribution is 2.06. The summed E-state index contributed by atoms with van der Waals surface area (Å²) in [6, 6.07) is -0.935. The van der Waals surface area contributed by atoms with E-state index in [0.717, 1.165) is 0 Å². The zero-order valence-corrected chi connectivity index (χ0v) is 8.25. The number of rotatable bonds is 2. The molecule has 76 valence electrons. The van der Waals surface area contributed by atoms with Gasteiger partial charge in [-0.2, -0.15) is 0 Å². The molecule has 1 atom stereocenters. The van der Waals surface area contributed by atoms with Crippen LogP contribution in [0.1, 0.15) is 27.7 Å². The quantitative estimate of drug-likeness (QED) is 0.641. The molecule has 1 amide bonds. The minimum Gasteiger partial charge on any atom is -0.480 e. The summed E-state index contributed by atoms with van der Waals surface area (Å²) < 4.78 is 4.85. The second kappa shape index (κ2) is 4.11. The molecule has 0 aromatic rings. The Morgan fingerprint density at radius 1 is 1.54 bits per heavy atom. The summed E-state index contributed by atoms with van der Waals surface area (Å²) in [5.41, 5.74) is -0.609. The summed E-state index contributed by atoms with van der Waals surface area (Å²) in [5, 5.41) is 10.6. The van der Waals surface area contributed by atoms with Crippen molar-refractivity contribution >= 4 is 12.1 Å². The van der Waals surface area contributed by atoms with Crippen LogP contribution in [-0.2, 0) is 9.53 Å². The first-order chi connectivity index (χ1) is 5.72. The van der Waals surface area contributed by atoms with E-state index >= 15 is 0 Å². The fourth-order valence-electron chi connectivity index (χ4n) is 0.546. The Kier molecular flexibility index (Phi) is 3.71. The van der Waals surface area contributed by atoms with Gasteiger partial charge in [0, 0.05) is 0 Å². The Morgan fingerprint density at radius 2 is 2.00 bits per heavy atom. The van der Waals surface area contributed by atoms with Crippen LogP contribution in [0.2, 0.25) is 0 Å². The Bertz CT molecular complexity index is 207. The zero-order chi connectivity index (χ0) is 10.6. The van der Waals surface area contributed by atoms with E-state index in [1.807, 2.05) is 0 Å². The number of carbonyl (C=O) groups is 2. The largest absolute Gasteiger partial charge is 0.480 e. The van der Waals surface area contributed by atoms with Crippen molar-refractivity contribution in [2.45, 2.75) is 39.3 Å². The molecular formula is C8H15NO4. The summed E-state index contributed by atoms with van der Waals surface area (Å²) in [6.07, 6.45) is -0.720. The minimum absolute atomic E-state index is 0.609. The first-order valence-corrected chi connectivity index (χ1v) is 3.94. The van der Waals surface area contributed by atoms with Crippen molar-refractivity contribution in [2.24, 2.45) is 0 Å². The molecule has 2 N–H and O–H groups in total. The molecule has 0 aromatic carbocycles. The van der Waals surface area contributed by atoms with Gasteiger partial charge in [-0.25, -0.2) is 4.79 Å². The SMILES string of the molecule is C[C@H](NC(=O)OC(C)(C)C)C(=[18O])[18OH]. The highest BCUT2D eigenvalue weighted by Gasteiger charge is 2.20. The lowest BCUT2D eigenvalue weighted by atomic mass is 10.2. The van der Waals surface area contributed by atoms with Crippen LogP contribution in [0.15, 0.2) is 0 Å². The van der Waals surface area contributed by atoms with Crippen molar-refractivity contribution in [2.75, 3.05) is 0 Å². The van der Waals surface area contributed by atoms with Crippen molar-refractivity contribution in [1.82, 2.24) is 5.32 Å². The monoisotopic (exact) mass is 193 g/mol. The highest BCUT2D eigenvalue weighted by molar-refractivity contribution is 5.79.